The van der Waals surface area contributed by atoms with Crippen molar-refractivity contribution in [2.75, 3.05) is 13.2 Å². The maximum absolute atomic E-state index is 12.9. The molecular weight excluding hydrogens is 913 g/mol. The number of ether oxygens (including phenoxy) is 3. The molecule has 0 saturated carbocycles. The molecule has 6 nitrogen and oxygen atoms in total. The highest BCUT2D eigenvalue weighted by molar-refractivity contribution is 5.71. The van der Waals surface area contributed by atoms with Crippen molar-refractivity contribution in [2.24, 2.45) is 0 Å². The lowest BCUT2D eigenvalue weighted by atomic mass is 10.0. The van der Waals surface area contributed by atoms with Crippen LogP contribution in [-0.2, 0) is 28.6 Å². The van der Waals surface area contributed by atoms with E-state index in [0.717, 1.165) is 109 Å². The first-order chi connectivity index (χ1) is 36.5. The van der Waals surface area contributed by atoms with Crippen molar-refractivity contribution in [3.8, 4) is 0 Å². The summed E-state index contributed by atoms with van der Waals surface area (Å²) in [4.78, 5) is 38.1. The molecule has 0 spiro atoms. The Labute approximate surface area is 458 Å². The lowest BCUT2D eigenvalue weighted by Crippen LogP contribution is -2.30. The Morgan fingerprint density at radius 2 is 0.527 bits per heavy atom. The Hall–Kier alpha value is -3.41. The van der Waals surface area contributed by atoms with Crippen molar-refractivity contribution in [1.29, 1.82) is 0 Å². The maximum Gasteiger partial charge on any atom is 0.306 e. The average molecular weight is 1030 g/mol. The van der Waals surface area contributed by atoms with Gasteiger partial charge in [0.2, 0.25) is 0 Å². The SMILES string of the molecule is CC/C=C\C/C=C\C/C=C\C/C=C\C/C=C\C/C=C\C/C=C\CCCCCCCCCC(=O)OCC(COC(=O)CCCCCCCCCC)OC(=O)CCCCCCCCCCCCCCCCCCCCC. The van der Waals surface area contributed by atoms with Crippen LogP contribution < -0.4 is 0 Å². The molecule has 0 bridgehead atoms. The predicted molar refractivity (Wildman–Crippen MR) is 321 cm³/mol. The highest BCUT2D eigenvalue weighted by atomic mass is 16.6. The molecule has 0 saturated heterocycles. The van der Waals surface area contributed by atoms with Gasteiger partial charge in [-0.25, -0.2) is 0 Å². The molecule has 74 heavy (non-hydrogen) atoms. The maximum atomic E-state index is 12.9. The molecule has 0 rings (SSSR count). The molecule has 1 unspecified atom stereocenters. The number of allylic oxidation sites excluding steroid dienone is 14. The minimum Gasteiger partial charge on any atom is -0.462 e. The highest BCUT2D eigenvalue weighted by Crippen LogP contribution is 2.17. The number of carbonyl (C=O) groups is 3. The monoisotopic (exact) mass is 1030 g/mol. The number of unbranched alkanes of at least 4 members (excludes halogenated alkanes) is 32. The van der Waals surface area contributed by atoms with Crippen LogP contribution in [0.2, 0.25) is 0 Å². The zero-order valence-electron chi connectivity index (χ0n) is 48.8. The van der Waals surface area contributed by atoms with Crippen LogP contribution in [0.5, 0.6) is 0 Å². The number of rotatable bonds is 57. The number of hydrogen-bond donors (Lipinski definition) is 0. The summed E-state index contributed by atoms with van der Waals surface area (Å²) in [6, 6.07) is 0. The second-order valence-electron chi connectivity index (χ2n) is 21.0. The smallest absolute Gasteiger partial charge is 0.306 e. The summed E-state index contributed by atoms with van der Waals surface area (Å²) >= 11 is 0. The first-order valence-corrected chi connectivity index (χ1v) is 31.6. The Morgan fingerprint density at radius 3 is 0.824 bits per heavy atom. The minimum atomic E-state index is -0.777. The van der Waals surface area contributed by atoms with Crippen LogP contribution in [0.25, 0.3) is 0 Å². The largest absolute Gasteiger partial charge is 0.462 e. The van der Waals surface area contributed by atoms with E-state index in [9.17, 15) is 14.4 Å². The topological polar surface area (TPSA) is 78.9 Å². The molecule has 0 N–H and O–H groups in total. The van der Waals surface area contributed by atoms with Gasteiger partial charge in [0.25, 0.3) is 0 Å². The van der Waals surface area contributed by atoms with Crippen LogP contribution in [0.15, 0.2) is 85.1 Å². The molecule has 426 valence electrons. The van der Waals surface area contributed by atoms with Crippen molar-refractivity contribution < 1.29 is 28.6 Å². The molecule has 0 aliphatic carbocycles. The first kappa shape index (κ1) is 70.6. The van der Waals surface area contributed by atoms with Crippen LogP contribution >= 0.6 is 0 Å². The molecule has 0 aromatic heterocycles. The molecule has 0 aliphatic rings. The third-order valence-corrected chi connectivity index (χ3v) is 13.7. The second-order valence-corrected chi connectivity index (χ2v) is 21.0. The Bertz CT molecular complexity index is 1420. The lowest BCUT2D eigenvalue weighted by molar-refractivity contribution is -0.167. The normalized spacial score (nSPS) is 12.6. The Kier molecular flexibility index (Phi) is 59.3. The van der Waals surface area contributed by atoms with Gasteiger partial charge in [0.1, 0.15) is 13.2 Å². The van der Waals surface area contributed by atoms with Crippen molar-refractivity contribution in [3.05, 3.63) is 85.1 Å². The third-order valence-electron chi connectivity index (χ3n) is 13.7. The summed E-state index contributed by atoms with van der Waals surface area (Å²) in [5.41, 5.74) is 0. The standard InChI is InChI=1S/C68H118O6/c1-4-7-10-13-16-19-21-23-25-27-29-30-31-32-33-34-35-36-37-38-40-41-43-45-47-49-52-55-58-61-67(70)73-64-65(63-72-66(69)60-57-54-51-18-15-12-9-6-3)74-68(71)62-59-56-53-50-48-46-44-42-39-28-26-24-22-20-17-14-11-8-5-2/h7,10,16,19,23,25,29-30,32-33,35-36,38,40,65H,4-6,8-9,11-15,17-18,20-22,24,26-28,31,34,37,39,41-64H2,1-3H3/b10-7-,19-16-,25-23-,30-29-,33-32-,36-35-,40-38-. The molecular formula is C68H118O6. The third kappa shape index (κ3) is 59.5. The zero-order chi connectivity index (χ0) is 53.6. The van der Waals surface area contributed by atoms with Gasteiger partial charge in [-0.05, 0) is 77.0 Å². The van der Waals surface area contributed by atoms with E-state index < -0.39 is 6.10 Å². The fourth-order valence-corrected chi connectivity index (χ4v) is 8.95. The van der Waals surface area contributed by atoms with Crippen LogP contribution in [0.4, 0.5) is 0 Å². The summed E-state index contributed by atoms with van der Waals surface area (Å²) in [7, 11) is 0. The summed E-state index contributed by atoms with van der Waals surface area (Å²) in [5, 5.41) is 0. The fourth-order valence-electron chi connectivity index (χ4n) is 8.95. The van der Waals surface area contributed by atoms with Gasteiger partial charge in [-0.2, -0.15) is 0 Å². The molecule has 6 heteroatoms. The van der Waals surface area contributed by atoms with Crippen molar-refractivity contribution >= 4 is 17.9 Å². The van der Waals surface area contributed by atoms with Crippen LogP contribution in [0, 0.1) is 0 Å². The summed E-state index contributed by atoms with van der Waals surface area (Å²) in [6.07, 6.45) is 81.7. The number of hydrogen-bond acceptors (Lipinski definition) is 6. The van der Waals surface area contributed by atoms with Gasteiger partial charge in [-0.15, -0.1) is 0 Å². The van der Waals surface area contributed by atoms with E-state index in [2.05, 4.69) is 106 Å². The Morgan fingerprint density at radius 1 is 0.284 bits per heavy atom. The van der Waals surface area contributed by atoms with Crippen LogP contribution in [0.3, 0.4) is 0 Å². The first-order valence-electron chi connectivity index (χ1n) is 31.6. The van der Waals surface area contributed by atoms with Crippen LogP contribution in [-0.4, -0.2) is 37.2 Å². The van der Waals surface area contributed by atoms with Crippen molar-refractivity contribution in [2.45, 2.75) is 316 Å². The van der Waals surface area contributed by atoms with E-state index in [-0.39, 0.29) is 31.1 Å². The van der Waals surface area contributed by atoms with E-state index in [0.29, 0.717) is 19.3 Å². The van der Waals surface area contributed by atoms with E-state index in [4.69, 9.17) is 14.2 Å². The quantitative estimate of drug-likeness (QED) is 0.0261. The van der Waals surface area contributed by atoms with E-state index in [1.807, 2.05) is 0 Å². The van der Waals surface area contributed by atoms with Gasteiger partial charge in [0.15, 0.2) is 6.10 Å². The summed E-state index contributed by atoms with van der Waals surface area (Å²) in [6.45, 7) is 6.52. The van der Waals surface area contributed by atoms with Gasteiger partial charge in [0, 0.05) is 19.3 Å². The number of esters is 3. The summed E-state index contributed by atoms with van der Waals surface area (Å²) < 4.78 is 16.9. The number of carbonyl (C=O) groups excluding carboxylic acids is 3. The molecule has 0 amide bonds. The molecule has 0 heterocycles. The summed E-state index contributed by atoms with van der Waals surface area (Å²) in [5.74, 6) is -0.879. The van der Waals surface area contributed by atoms with Crippen LogP contribution in [0.1, 0.15) is 310 Å². The average Bonchev–Trinajstić information content (AvgIpc) is 3.40. The van der Waals surface area contributed by atoms with E-state index >= 15 is 0 Å². The fraction of sp³-hybridized carbons (Fsp3) is 0.750. The molecule has 0 aromatic rings. The van der Waals surface area contributed by atoms with E-state index in [1.54, 1.807) is 0 Å². The second kappa shape index (κ2) is 62.1. The zero-order valence-corrected chi connectivity index (χ0v) is 48.8. The van der Waals surface area contributed by atoms with E-state index in [1.165, 1.54) is 161 Å². The van der Waals surface area contributed by atoms with Gasteiger partial charge < -0.3 is 14.2 Å². The minimum absolute atomic E-state index is 0.0761. The molecule has 0 radical (unpaired) electrons. The van der Waals surface area contributed by atoms with Gasteiger partial charge in [-0.3, -0.25) is 14.4 Å². The Balaban J connectivity index is 4.19. The molecule has 0 aliphatic heterocycles. The lowest BCUT2D eigenvalue weighted by Gasteiger charge is -2.18. The molecule has 1 atom stereocenters. The van der Waals surface area contributed by atoms with Gasteiger partial charge in [0.05, 0.1) is 0 Å². The molecule has 0 fully saturated rings. The highest BCUT2D eigenvalue weighted by Gasteiger charge is 2.19. The van der Waals surface area contributed by atoms with Gasteiger partial charge in [-0.1, -0.05) is 298 Å². The van der Waals surface area contributed by atoms with Crippen molar-refractivity contribution in [1.82, 2.24) is 0 Å². The molecule has 0 aromatic carbocycles. The predicted octanol–water partition coefficient (Wildman–Crippen LogP) is 21.5. The van der Waals surface area contributed by atoms with Gasteiger partial charge >= 0.3 is 17.9 Å². The van der Waals surface area contributed by atoms with Crippen molar-refractivity contribution in [3.63, 3.8) is 0 Å².